The highest BCUT2D eigenvalue weighted by Crippen LogP contribution is 2.26. The van der Waals surface area contributed by atoms with Crippen molar-refractivity contribution in [2.75, 3.05) is 26.4 Å². The first-order valence-electron chi connectivity index (χ1n) is 7.68. The average Bonchev–Trinajstić information content (AvgIpc) is 2.48. The summed E-state index contributed by atoms with van der Waals surface area (Å²) in [5.41, 5.74) is 1.30. The molecular weight excluding hydrogens is 284 g/mol. The highest BCUT2D eigenvalue weighted by Gasteiger charge is 2.26. The van der Waals surface area contributed by atoms with Crippen molar-refractivity contribution in [3.63, 3.8) is 0 Å². The van der Waals surface area contributed by atoms with E-state index in [4.69, 9.17) is 0 Å². The van der Waals surface area contributed by atoms with Crippen LogP contribution >= 0.6 is 0 Å². The standard InChI is InChI=1S/C16H26N2O2S/c1-17-16(15-8-4-3-5-9-15)11-10-14-7-6-12-18(13-14)21(2,19)20/h3-5,8-9,14,16-17H,6-7,10-13H2,1-2H3. The SMILES string of the molecule is CNC(CCC1CCCN(S(C)(=O)=O)C1)c1ccccc1. The fourth-order valence-corrected chi connectivity index (χ4v) is 4.07. The molecule has 0 radical (unpaired) electrons. The number of hydrogen-bond donors (Lipinski definition) is 1. The van der Waals surface area contributed by atoms with Crippen LogP contribution in [0.2, 0.25) is 0 Å². The van der Waals surface area contributed by atoms with Gasteiger partial charge in [0.15, 0.2) is 0 Å². The molecule has 0 spiro atoms. The smallest absolute Gasteiger partial charge is 0.211 e. The molecule has 1 fully saturated rings. The summed E-state index contributed by atoms with van der Waals surface area (Å²) < 4.78 is 25.0. The monoisotopic (exact) mass is 310 g/mol. The zero-order valence-electron chi connectivity index (χ0n) is 13.0. The molecule has 1 heterocycles. The van der Waals surface area contributed by atoms with Crippen molar-refractivity contribution in [2.24, 2.45) is 5.92 Å². The van der Waals surface area contributed by atoms with Crippen LogP contribution in [0, 0.1) is 5.92 Å². The molecule has 1 N–H and O–H groups in total. The summed E-state index contributed by atoms with van der Waals surface area (Å²) in [5.74, 6) is 0.480. The molecule has 1 aliphatic heterocycles. The molecule has 1 saturated heterocycles. The van der Waals surface area contributed by atoms with Crippen molar-refractivity contribution >= 4 is 10.0 Å². The van der Waals surface area contributed by atoms with Gasteiger partial charge in [-0.15, -0.1) is 0 Å². The van der Waals surface area contributed by atoms with Gasteiger partial charge in [-0.25, -0.2) is 12.7 Å². The second-order valence-corrected chi connectivity index (χ2v) is 7.94. The third-order valence-electron chi connectivity index (χ3n) is 4.36. The molecule has 2 atom stereocenters. The number of nitrogens with zero attached hydrogens (tertiary/aromatic N) is 1. The van der Waals surface area contributed by atoms with Crippen molar-refractivity contribution in [3.05, 3.63) is 35.9 Å². The Balaban J connectivity index is 1.90. The van der Waals surface area contributed by atoms with Gasteiger partial charge in [-0.3, -0.25) is 0 Å². The van der Waals surface area contributed by atoms with Gasteiger partial charge in [0.2, 0.25) is 10.0 Å². The van der Waals surface area contributed by atoms with Crippen LogP contribution in [-0.4, -0.2) is 39.1 Å². The topological polar surface area (TPSA) is 49.4 Å². The number of benzene rings is 1. The van der Waals surface area contributed by atoms with E-state index in [0.717, 1.165) is 25.7 Å². The maximum Gasteiger partial charge on any atom is 0.211 e. The Kier molecular flexibility index (Phi) is 5.79. The van der Waals surface area contributed by atoms with Crippen LogP contribution in [0.3, 0.4) is 0 Å². The Bertz CT molecular complexity index is 530. The lowest BCUT2D eigenvalue weighted by Crippen LogP contribution is -2.39. The first-order valence-corrected chi connectivity index (χ1v) is 9.53. The maximum absolute atomic E-state index is 11.7. The van der Waals surface area contributed by atoms with E-state index >= 15 is 0 Å². The predicted octanol–water partition coefficient (Wildman–Crippen LogP) is 2.40. The minimum Gasteiger partial charge on any atom is -0.313 e. The van der Waals surface area contributed by atoms with Gasteiger partial charge >= 0.3 is 0 Å². The third kappa shape index (κ3) is 4.80. The fraction of sp³-hybridized carbons (Fsp3) is 0.625. The quantitative estimate of drug-likeness (QED) is 0.878. The third-order valence-corrected chi connectivity index (χ3v) is 5.63. The van der Waals surface area contributed by atoms with E-state index < -0.39 is 10.0 Å². The van der Waals surface area contributed by atoms with E-state index in [2.05, 4.69) is 29.6 Å². The van der Waals surface area contributed by atoms with Gasteiger partial charge in [-0.05, 0) is 44.2 Å². The Morgan fingerprint density at radius 2 is 2.05 bits per heavy atom. The number of hydrogen-bond acceptors (Lipinski definition) is 3. The van der Waals surface area contributed by atoms with Crippen molar-refractivity contribution in [1.29, 1.82) is 0 Å². The molecule has 0 bridgehead atoms. The lowest BCUT2D eigenvalue weighted by atomic mass is 9.91. The molecule has 0 saturated carbocycles. The molecule has 1 aliphatic rings. The summed E-state index contributed by atoms with van der Waals surface area (Å²) in [6, 6.07) is 10.8. The van der Waals surface area contributed by atoms with Gasteiger partial charge in [0.25, 0.3) is 0 Å². The molecule has 1 aromatic carbocycles. The van der Waals surface area contributed by atoms with Gasteiger partial charge in [0.1, 0.15) is 0 Å². The lowest BCUT2D eigenvalue weighted by Gasteiger charge is -2.31. The maximum atomic E-state index is 11.7. The number of sulfonamides is 1. The molecule has 1 aromatic rings. The zero-order valence-corrected chi connectivity index (χ0v) is 13.8. The molecule has 5 heteroatoms. The number of rotatable bonds is 6. The van der Waals surface area contributed by atoms with E-state index in [9.17, 15) is 8.42 Å². The number of piperidine rings is 1. The molecule has 0 aliphatic carbocycles. The van der Waals surface area contributed by atoms with Crippen molar-refractivity contribution in [2.45, 2.75) is 31.7 Å². The summed E-state index contributed by atoms with van der Waals surface area (Å²) in [5, 5.41) is 3.37. The Labute approximate surface area is 128 Å². The summed E-state index contributed by atoms with van der Waals surface area (Å²) in [6.07, 6.45) is 5.54. The molecule has 118 valence electrons. The number of nitrogens with one attached hydrogen (secondary N) is 1. The molecule has 0 amide bonds. The van der Waals surface area contributed by atoms with Crippen LogP contribution in [0.5, 0.6) is 0 Å². The van der Waals surface area contributed by atoms with Crippen molar-refractivity contribution in [3.8, 4) is 0 Å². The van der Waals surface area contributed by atoms with E-state index in [1.807, 2.05) is 13.1 Å². The van der Waals surface area contributed by atoms with Gasteiger partial charge in [0, 0.05) is 19.1 Å². The molecular formula is C16H26N2O2S. The van der Waals surface area contributed by atoms with E-state index in [-0.39, 0.29) is 0 Å². The van der Waals surface area contributed by atoms with Crippen molar-refractivity contribution < 1.29 is 8.42 Å². The molecule has 21 heavy (non-hydrogen) atoms. The summed E-state index contributed by atoms with van der Waals surface area (Å²) >= 11 is 0. The normalized spacial score (nSPS) is 22.1. The van der Waals surface area contributed by atoms with E-state index in [1.54, 1.807) is 4.31 Å². The minimum atomic E-state index is -3.04. The molecule has 2 rings (SSSR count). The highest BCUT2D eigenvalue weighted by molar-refractivity contribution is 7.88. The molecule has 2 unspecified atom stereocenters. The van der Waals surface area contributed by atoms with Crippen molar-refractivity contribution in [1.82, 2.24) is 9.62 Å². The highest BCUT2D eigenvalue weighted by atomic mass is 32.2. The van der Waals surface area contributed by atoms with Gasteiger partial charge in [-0.1, -0.05) is 30.3 Å². The first kappa shape index (κ1) is 16.5. The van der Waals surface area contributed by atoms with Crippen LogP contribution in [0.25, 0.3) is 0 Å². The van der Waals surface area contributed by atoms with Gasteiger partial charge in [-0.2, -0.15) is 0 Å². The summed E-state index contributed by atoms with van der Waals surface area (Å²) in [4.78, 5) is 0. The average molecular weight is 310 g/mol. The van der Waals surface area contributed by atoms with E-state index in [1.165, 1.54) is 11.8 Å². The predicted molar refractivity (Wildman–Crippen MR) is 86.6 cm³/mol. The fourth-order valence-electron chi connectivity index (χ4n) is 3.13. The second-order valence-electron chi connectivity index (χ2n) is 5.96. The second kappa shape index (κ2) is 7.38. The molecule has 4 nitrogen and oxygen atoms in total. The summed E-state index contributed by atoms with van der Waals surface area (Å²) in [6.45, 7) is 1.37. The van der Waals surface area contributed by atoms with E-state index in [0.29, 0.717) is 25.0 Å². The van der Waals surface area contributed by atoms with Gasteiger partial charge < -0.3 is 5.32 Å². The van der Waals surface area contributed by atoms with Crippen LogP contribution < -0.4 is 5.32 Å². The Morgan fingerprint density at radius 3 is 2.67 bits per heavy atom. The zero-order chi connectivity index (χ0) is 15.3. The molecule has 0 aromatic heterocycles. The van der Waals surface area contributed by atoms with Crippen LogP contribution in [-0.2, 0) is 10.0 Å². The largest absolute Gasteiger partial charge is 0.313 e. The lowest BCUT2D eigenvalue weighted by molar-refractivity contribution is 0.248. The van der Waals surface area contributed by atoms with Crippen LogP contribution in [0.15, 0.2) is 30.3 Å². The van der Waals surface area contributed by atoms with Gasteiger partial charge in [0.05, 0.1) is 6.26 Å². The first-order chi connectivity index (χ1) is 10.0. The van der Waals surface area contributed by atoms with Crippen LogP contribution in [0.1, 0.15) is 37.3 Å². The van der Waals surface area contributed by atoms with Crippen LogP contribution in [0.4, 0.5) is 0 Å². The summed E-state index contributed by atoms with van der Waals surface area (Å²) in [7, 11) is -1.05. The Morgan fingerprint density at radius 1 is 1.33 bits per heavy atom. The Hall–Kier alpha value is -0.910. The minimum absolute atomic E-state index is 0.347.